The van der Waals surface area contributed by atoms with Gasteiger partial charge >= 0.3 is 0 Å². The number of nitrogens with one attached hydrogen (secondary N) is 1. The maximum Gasteiger partial charge on any atom is 0.240 e. The first-order chi connectivity index (χ1) is 12.2. The van der Waals surface area contributed by atoms with Gasteiger partial charge in [0.1, 0.15) is 0 Å². The van der Waals surface area contributed by atoms with E-state index >= 15 is 0 Å². The smallest absolute Gasteiger partial charge is 0.240 e. The molecule has 138 valence electrons. The van der Waals surface area contributed by atoms with Crippen LogP contribution in [0.25, 0.3) is 0 Å². The van der Waals surface area contributed by atoms with Crippen LogP contribution in [0.3, 0.4) is 0 Å². The fourth-order valence-corrected chi connectivity index (χ4v) is 4.03. The van der Waals surface area contributed by atoms with Crippen molar-refractivity contribution in [2.75, 3.05) is 52.4 Å². The summed E-state index contributed by atoms with van der Waals surface area (Å²) in [5, 5.41) is 2.71. The highest BCUT2D eigenvalue weighted by molar-refractivity contribution is 5.83. The summed E-state index contributed by atoms with van der Waals surface area (Å²) in [5.74, 6) is 3.27. The van der Waals surface area contributed by atoms with Crippen LogP contribution in [0.15, 0.2) is 0 Å². The molecule has 1 saturated carbocycles. The molecule has 1 unspecified atom stereocenters. The summed E-state index contributed by atoms with van der Waals surface area (Å²) in [6, 6.07) is 0.105. The molecule has 0 aromatic rings. The number of rotatable bonds is 6. The van der Waals surface area contributed by atoms with Crippen molar-refractivity contribution in [2.45, 2.75) is 38.1 Å². The predicted molar refractivity (Wildman–Crippen MR) is 96.8 cm³/mol. The molecule has 6 heteroatoms. The van der Waals surface area contributed by atoms with Gasteiger partial charge in [0.2, 0.25) is 11.8 Å². The number of hydrogen-bond donors (Lipinski definition) is 1. The SMILES string of the molecule is C#CCNC(=O)CN1CCCN(C(=O)C(C2CC2)N2CCCC2)CC1. The molecule has 0 bridgehead atoms. The Bertz CT molecular complexity index is 520. The van der Waals surface area contributed by atoms with E-state index < -0.39 is 0 Å². The van der Waals surface area contributed by atoms with Gasteiger partial charge in [0, 0.05) is 26.2 Å². The number of likely N-dealkylation sites (tertiary alicyclic amines) is 1. The number of nitrogens with zero attached hydrogens (tertiary/aromatic N) is 3. The maximum absolute atomic E-state index is 13.2. The molecule has 2 heterocycles. The zero-order valence-corrected chi connectivity index (χ0v) is 15.1. The molecule has 1 atom stereocenters. The van der Waals surface area contributed by atoms with Crippen LogP contribution in [-0.2, 0) is 9.59 Å². The molecule has 0 aromatic carbocycles. The Kier molecular flexibility index (Phi) is 6.33. The van der Waals surface area contributed by atoms with E-state index in [2.05, 4.69) is 21.0 Å². The lowest BCUT2D eigenvalue weighted by atomic mass is 10.1. The van der Waals surface area contributed by atoms with E-state index in [1.807, 2.05) is 4.90 Å². The summed E-state index contributed by atoms with van der Waals surface area (Å²) in [6.07, 6.45) is 10.9. The van der Waals surface area contributed by atoms with Gasteiger partial charge in [0.15, 0.2) is 0 Å². The number of carbonyl (C=O) groups is 2. The zero-order valence-electron chi connectivity index (χ0n) is 15.1. The minimum atomic E-state index is -0.0364. The van der Waals surface area contributed by atoms with Gasteiger partial charge in [-0.2, -0.15) is 0 Å². The third-order valence-electron chi connectivity index (χ3n) is 5.51. The normalized spacial score (nSPS) is 23.7. The monoisotopic (exact) mass is 346 g/mol. The van der Waals surface area contributed by atoms with E-state index in [4.69, 9.17) is 6.42 Å². The van der Waals surface area contributed by atoms with Crippen molar-refractivity contribution in [3.63, 3.8) is 0 Å². The highest BCUT2D eigenvalue weighted by Gasteiger charge is 2.42. The minimum Gasteiger partial charge on any atom is -0.344 e. The molecule has 0 aromatic heterocycles. The molecular weight excluding hydrogens is 316 g/mol. The summed E-state index contributed by atoms with van der Waals surface area (Å²) < 4.78 is 0. The van der Waals surface area contributed by atoms with Crippen LogP contribution in [0, 0.1) is 18.3 Å². The van der Waals surface area contributed by atoms with Gasteiger partial charge in [0.25, 0.3) is 0 Å². The second-order valence-electron chi connectivity index (χ2n) is 7.46. The molecule has 6 nitrogen and oxygen atoms in total. The quantitative estimate of drug-likeness (QED) is 0.696. The van der Waals surface area contributed by atoms with Gasteiger partial charge in [0.05, 0.1) is 19.1 Å². The zero-order chi connectivity index (χ0) is 17.6. The van der Waals surface area contributed by atoms with Crippen LogP contribution >= 0.6 is 0 Å². The van der Waals surface area contributed by atoms with Crippen molar-refractivity contribution in [3.05, 3.63) is 0 Å². The van der Waals surface area contributed by atoms with Crippen LogP contribution < -0.4 is 5.32 Å². The molecular formula is C19H30N4O2. The molecule has 3 aliphatic rings. The van der Waals surface area contributed by atoms with Crippen molar-refractivity contribution >= 4 is 11.8 Å². The molecule has 3 fully saturated rings. The lowest BCUT2D eigenvalue weighted by Crippen LogP contribution is -2.50. The van der Waals surface area contributed by atoms with Gasteiger partial charge in [-0.1, -0.05) is 5.92 Å². The van der Waals surface area contributed by atoms with Crippen molar-refractivity contribution in [1.82, 2.24) is 20.0 Å². The average Bonchev–Trinajstić information content (AvgIpc) is 3.34. The molecule has 2 aliphatic heterocycles. The van der Waals surface area contributed by atoms with Gasteiger partial charge in [-0.15, -0.1) is 6.42 Å². The first-order valence-corrected chi connectivity index (χ1v) is 9.64. The molecule has 0 spiro atoms. The Balaban J connectivity index is 1.52. The summed E-state index contributed by atoms with van der Waals surface area (Å²) >= 11 is 0. The van der Waals surface area contributed by atoms with E-state index in [9.17, 15) is 9.59 Å². The van der Waals surface area contributed by atoms with Crippen LogP contribution in [0.4, 0.5) is 0 Å². The lowest BCUT2D eigenvalue weighted by molar-refractivity contribution is -0.137. The molecule has 0 radical (unpaired) electrons. The summed E-state index contributed by atoms with van der Waals surface area (Å²) in [6.45, 7) is 5.91. The average molecular weight is 346 g/mol. The Morgan fingerprint density at radius 2 is 1.80 bits per heavy atom. The van der Waals surface area contributed by atoms with Crippen molar-refractivity contribution in [1.29, 1.82) is 0 Å². The number of hydrogen-bond acceptors (Lipinski definition) is 4. The number of amides is 2. The van der Waals surface area contributed by atoms with E-state index in [-0.39, 0.29) is 18.5 Å². The first-order valence-electron chi connectivity index (χ1n) is 9.64. The Labute approximate surface area is 150 Å². The summed E-state index contributed by atoms with van der Waals surface area (Å²) in [4.78, 5) is 31.6. The number of carbonyl (C=O) groups excluding carboxylic acids is 2. The second-order valence-corrected chi connectivity index (χ2v) is 7.46. The van der Waals surface area contributed by atoms with Crippen molar-refractivity contribution in [3.8, 4) is 12.3 Å². The molecule has 1 aliphatic carbocycles. The summed E-state index contributed by atoms with van der Waals surface area (Å²) in [5.41, 5.74) is 0. The van der Waals surface area contributed by atoms with E-state index in [1.165, 1.54) is 25.7 Å². The van der Waals surface area contributed by atoms with Gasteiger partial charge in [-0.25, -0.2) is 0 Å². The van der Waals surface area contributed by atoms with E-state index in [1.54, 1.807) is 0 Å². The largest absolute Gasteiger partial charge is 0.344 e. The molecule has 25 heavy (non-hydrogen) atoms. The fourth-order valence-electron chi connectivity index (χ4n) is 4.03. The Morgan fingerprint density at radius 1 is 1.04 bits per heavy atom. The topological polar surface area (TPSA) is 55.9 Å². The maximum atomic E-state index is 13.2. The van der Waals surface area contributed by atoms with Crippen LogP contribution in [0.1, 0.15) is 32.1 Å². The van der Waals surface area contributed by atoms with Crippen LogP contribution in [0.5, 0.6) is 0 Å². The van der Waals surface area contributed by atoms with Crippen LogP contribution in [-0.4, -0.2) is 84.9 Å². The third kappa shape index (κ3) is 4.96. The number of terminal acetylenes is 1. The highest BCUT2D eigenvalue weighted by Crippen LogP contribution is 2.37. The van der Waals surface area contributed by atoms with Gasteiger partial charge in [-0.3, -0.25) is 19.4 Å². The predicted octanol–water partition coefficient (Wildman–Crippen LogP) is 0.145. The van der Waals surface area contributed by atoms with Crippen LogP contribution in [0.2, 0.25) is 0 Å². The fraction of sp³-hybridized carbons (Fsp3) is 0.789. The molecule has 2 saturated heterocycles. The van der Waals surface area contributed by atoms with Crippen molar-refractivity contribution in [2.24, 2.45) is 5.92 Å². The third-order valence-corrected chi connectivity index (χ3v) is 5.51. The summed E-state index contributed by atoms with van der Waals surface area (Å²) in [7, 11) is 0. The molecule has 1 N–H and O–H groups in total. The van der Waals surface area contributed by atoms with Gasteiger partial charge < -0.3 is 10.2 Å². The molecule has 3 rings (SSSR count). The Morgan fingerprint density at radius 3 is 2.48 bits per heavy atom. The van der Waals surface area contributed by atoms with E-state index in [0.717, 1.165) is 45.7 Å². The van der Waals surface area contributed by atoms with Gasteiger partial charge in [-0.05, 0) is 51.1 Å². The standard InChI is InChI=1S/C19H30N4O2/c1-2-8-20-17(24)15-21-9-5-12-23(14-13-21)19(25)18(16-6-7-16)22-10-3-4-11-22/h1,16,18H,3-15H2,(H,20,24). The Hall–Kier alpha value is -1.58. The lowest BCUT2D eigenvalue weighted by Gasteiger charge is -2.32. The first kappa shape index (κ1) is 18.2. The minimum absolute atomic E-state index is 0.0364. The second kappa shape index (κ2) is 8.68. The molecule has 2 amide bonds. The van der Waals surface area contributed by atoms with Crippen molar-refractivity contribution < 1.29 is 9.59 Å². The highest BCUT2D eigenvalue weighted by atomic mass is 16.2. The van der Waals surface area contributed by atoms with E-state index in [0.29, 0.717) is 18.4 Å².